The molecule has 0 unspecified atom stereocenters. The summed E-state index contributed by atoms with van der Waals surface area (Å²) in [7, 11) is 0. The minimum Gasteiger partial charge on any atom is -0.326 e. The number of amides is 1. The van der Waals surface area contributed by atoms with Crippen molar-refractivity contribution in [1.82, 2.24) is 0 Å². The summed E-state index contributed by atoms with van der Waals surface area (Å²) in [6.45, 7) is 0. The molecule has 0 heterocycles. The topological polar surface area (TPSA) is 29.1 Å². The van der Waals surface area contributed by atoms with Crippen LogP contribution in [0.5, 0.6) is 0 Å². The smallest absolute Gasteiger partial charge is 0.228 e. The zero-order valence-corrected chi connectivity index (χ0v) is 14.1. The minimum absolute atomic E-state index is 0.0180. The van der Waals surface area contributed by atoms with Gasteiger partial charge in [-0.15, -0.1) is 0 Å². The first kappa shape index (κ1) is 15.5. The van der Waals surface area contributed by atoms with Gasteiger partial charge >= 0.3 is 0 Å². The third kappa shape index (κ3) is 4.30. The molecule has 0 spiro atoms. The number of halogens is 1. The third-order valence-electron chi connectivity index (χ3n) is 3.53. The van der Waals surface area contributed by atoms with Gasteiger partial charge in [0.2, 0.25) is 5.91 Å². The van der Waals surface area contributed by atoms with Gasteiger partial charge in [0.25, 0.3) is 0 Å². The van der Waals surface area contributed by atoms with E-state index in [0.717, 1.165) is 21.3 Å². The predicted octanol–water partition coefficient (Wildman–Crippen LogP) is 5.30. The molecule has 0 aromatic heterocycles. The fraction of sp³-hybridized carbons (Fsp3) is 0.0500. The molecule has 1 amide bonds. The van der Waals surface area contributed by atoms with Crippen LogP contribution in [0.1, 0.15) is 5.56 Å². The summed E-state index contributed by atoms with van der Waals surface area (Å²) >= 11 is 3.40. The van der Waals surface area contributed by atoms with E-state index >= 15 is 0 Å². The van der Waals surface area contributed by atoms with Crippen LogP contribution in [-0.2, 0) is 11.2 Å². The second-order valence-corrected chi connectivity index (χ2v) is 6.21. The summed E-state index contributed by atoms with van der Waals surface area (Å²) in [5.41, 5.74) is 4.13. The molecular weight excluding hydrogens is 350 g/mol. The van der Waals surface area contributed by atoms with Crippen LogP contribution >= 0.6 is 15.9 Å². The van der Waals surface area contributed by atoms with Crippen molar-refractivity contribution in [3.8, 4) is 11.1 Å². The highest BCUT2D eigenvalue weighted by molar-refractivity contribution is 9.10. The molecule has 0 fully saturated rings. The SMILES string of the molecule is O=C(Cc1ccc(-c2ccccc2)cc1)Nc1cccc(Br)c1. The van der Waals surface area contributed by atoms with Crippen LogP contribution in [0.2, 0.25) is 0 Å². The molecule has 0 bridgehead atoms. The lowest BCUT2D eigenvalue weighted by molar-refractivity contribution is -0.115. The lowest BCUT2D eigenvalue weighted by Crippen LogP contribution is -2.14. The van der Waals surface area contributed by atoms with Crippen molar-refractivity contribution in [2.45, 2.75) is 6.42 Å². The van der Waals surface area contributed by atoms with Crippen LogP contribution in [0, 0.1) is 0 Å². The Morgan fingerprint density at radius 1 is 0.826 bits per heavy atom. The monoisotopic (exact) mass is 365 g/mol. The Kier molecular flexibility index (Phi) is 4.89. The normalized spacial score (nSPS) is 10.3. The van der Waals surface area contributed by atoms with Crippen molar-refractivity contribution in [3.63, 3.8) is 0 Å². The van der Waals surface area contributed by atoms with Crippen molar-refractivity contribution in [1.29, 1.82) is 0 Å². The van der Waals surface area contributed by atoms with Crippen LogP contribution in [0.25, 0.3) is 11.1 Å². The molecule has 3 rings (SSSR count). The van der Waals surface area contributed by atoms with Gasteiger partial charge in [-0.3, -0.25) is 4.79 Å². The molecule has 0 aliphatic rings. The van der Waals surface area contributed by atoms with E-state index in [-0.39, 0.29) is 5.91 Å². The van der Waals surface area contributed by atoms with Gasteiger partial charge < -0.3 is 5.32 Å². The van der Waals surface area contributed by atoms with Crippen LogP contribution in [0.15, 0.2) is 83.3 Å². The Hall–Kier alpha value is -2.39. The van der Waals surface area contributed by atoms with E-state index in [1.807, 2.05) is 54.6 Å². The summed E-state index contributed by atoms with van der Waals surface area (Å²) in [6.07, 6.45) is 0.363. The molecule has 2 nitrogen and oxygen atoms in total. The molecule has 0 atom stereocenters. The zero-order chi connectivity index (χ0) is 16.1. The Bertz CT molecular complexity index is 797. The molecule has 0 saturated heterocycles. The van der Waals surface area contributed by atoms with Gasteiger partial charge in [-0.1, -0.05) is 76.6 Å². The molecule has 114 valence electrons. The fourth-order valence-corrected chi connectivity index (χ4v) is 2.80. The highest BCUT2D eigenvalue weighted by Gasteiger charge is 2.05. The van der Waals surface area contributed by atoms with E-state index < -0.39 is 0 Å². The third-order valence-corrected chi connectivity index (χ3v) is 4.03. The average molecular weight is 366 g/mol. The number of rotatable bonds is 4. The molecular formula is C20H16BrNO. The van der Waals surface area contributed by atoms with E-state index in [9.17, 15) is 4.79 Å². The maximum absolute atomic E-state index is 12.1. The maximum atomic E-state index is 12.1. The lowest BCUT2D eigenvalue weighted by atomic mass is 10.0. The molecule has 0 aliphatic carbocycles. The second kappa shape index (κ2) is 7.25. The van der Waals surface area contributed by atoms with Crippen LogP contribution < -0.4 is 5.32 Å². The highest BCUT2D eigenvalue weighted by atomic mass is 79.9. The summed E-state index contributed by atoms with van der Waals surface area (Å²) in [5, 5.41) is 2.91. The Balaban J connectivity index is 1.65. The standard InChI is InChI=1S/C20H16BrNO/c21-18-7-4-8-19(14-18)22-20(23)13-15-9-11-17(12-10-15)16-5-2-1-3-6-16/h1-12,14H,13H2,(H,22,23). The van der Waals surface area contributed by atoms with Crippen molar-refractivity contribution in [3.05, 3.63) is 88.9 Å². The molecule has 3 aromatic rings. The molecule has 23 heavy (non-hydrogen) atoms. The quantitative estimate of drug-likeness (QED) is 0.667. The first-order valence-corrected chi connectivity index (χ1v) is 8.20. The van der Waals surface area contributed by atoms with Crippen LogP contribution in [0.3, 0.4) is 0 Å². The van der Waals surface area contributed by atoms with E-state index in [2.05, 4.69) is 45.5 Å². The summed E-state index contributed by atoms with van der Waals surface area (Å²) < 4.78 is 0.947. The number of carbonyl (C=O) groups is 1. The molecule has 3 heteroatoms. The number of hydrogen-bond acceptors (Lipinski definition) is 1. The number of hydrogen-bond donors (Lipinski definition) is 1. The first-order chi connectivity index (χ1) is 11.2. The molecule has 0 aliphatic heterocycles. The minimum atomic E-state index is -0.0180. The molecule has 1 N–H and O–H groups in total. The van der Waals surface area contributed by atoms with Gasteiger partial charge in [0.1, 0.15) is 0 Å². The van der Waals surface area contributed by atoms with Crippen LogP contribution in [-0.4, -0.2) is 5.91 Å². The van der Waals surface area contributed by atoms with Crippen molar-refractivity contribution in [2.75, 3.05) is 5.32 Å². The summed E-state index contributed by atoms with van der Waals surface area (Å²) in [6, 6.07) is 25.9. The van der Waals surface area contributed by atoms with E-state index in [0.29, 0.717) is 6.42 Å². The number of carbonyl (C=O) groups excluding carboxylic acids is 1. The molecule has 3 aromatic carbocycles. The van der Waals surface area contributed by atoms with Gasteiger partial charge in [0.05, 0.1) is 6.42 Å². The van der Waals surface area contributed by atoms with Gasteiger partial charge in [-0.05, 0) is 34.9 Å². The number of nitrogens with one attached hydrogen (secondary N) is 1. The van der Waals surface area contributed by atoms with Crippen LogP contribution in [0.4, 0.5) is 5.69 Å². The Morgan fingerprint density at radius 3 is 2.22 bits per heavy atom. The highest BCUT2D eigenvalue weighted by Crippen LogP contribution is 2.20. The van der Waals surface area contributed by atoms with E-state index in [4.69, 9.17) is 0 Å². The second-order valence-electron chi connectivity index (χ2n) is 5.30. The fourth-order valence-electron chi connectivity index (χ4n) is 2.40. The average Bonchev–Trinajstić information content (AvgIpc) is 2.56. The van der Waals surface area contributed by atoms with E-state index in [1.165, 1.54) is 5.56 Å². The number of benzene rings is 3. The zero-order valence-electron chi connectivity index (χ0n) is 12.5. The van der Waals surface area contributed by atoms with Gasteiger partial charge in [-0.25, -0.2) is 0 Å². The molecule has 0 radical (unpaired) electrons. The van der Waals surface area contributed by atoms with Gasteiger partial charge in [0.15, 0.2) is 0 Å². The van der Waals surface area contributed by atoms with Crippen molar-refractivity contribution < 1.29 is 4.79 Å². The van der Waals surface area contributed by atoms with Crippen molar-refractivity contribution in [2.24, 2.45) is 0 Å². The van der Waals surface area contributed by atoms with Gasteiger partial charge in [-0.2, -0.15) is 0 Å². The first-order valence-electron chi connectivity index (χ1n) is 7.40. The Morgan fingerprint density at radius 2 is 1.52 bits per heavy atom. The summed E-state index contributed by atoms with van der Waals surface area (Å²) in [5.74, 6) is -0.0180. The Labute approximate surface area is 144 Å². The molecule has 0 saturated carbocycles. The van der Waals surface area contributed by atoms with Gasteiger partial charge in [0, 0.05) is 10.2 Å². The summed E-state index contributed by atoms with van der Waals surface area (Å²) in [4.78, 5) is 12.1. The maximum Gasteiger partial charge on any atom is 0.228 e. The van der Waals surface area contributed by atoms with E-state index in [1.54, 1.807) is 0 Å². The lowest BCUT2D eigenvalue weighted by Gasteiger charge is -2.07. The number of anilines is 1. The predicted molar refractivity (Wildman–Crippen MR) is 98.4 cm³/mol. The largest absolute Gasteiger partial charge is 0.326 e. The van der Waals surface area contributed by atoms with Crippen molar-refractivity contribution >= 4 is 27.5 Å².